The highest BCUT2D eigenvalue weighted by Gasteiger charge is 2.24. The summed E-state index contributed by atoms with van der Waals surface area (Å²) in [7, 11) is 2.08. The summed E-state index contributed by atoms with van der Waals surface area (Å²) in [5, 5.41) is 3.01. The first-order valence-corrected chi connectivity index (χ1v) is 7.85. The van der Waals surface area contributed by atoms with E-state index in [0.717, 1.165) is 25.9 Å². The molecule has 0 saturated carbocycles. The third-order valence-corrected chi connectivity index (χ3v) is 4.13. The molecular formula is C16H35N3O. The molecule has 0 aromatic rings. The highest BCUT2D eigenvalue weighted by atomic mass is 16.1. The average molecular weight is 285 g/mol. The van der Waals surface area contributed by atoms with Gasteiger partial charge in [0.25, 0.3) is 0 Å². The molecule has 4 heteroatoms. The van der Waals surface area contributed by atoms with E-state index in [4.69, 9.17) is 5.73 Å². The number of amides is 1. The van der Waals surface area contributed by atoms with Crippen LogP contribution in [0.4, 0.5) is 0 Å². The van der Waals surface area contributed by atoms with Crippen molar-refractivity contribution in [2.24, 2.45) is 17.1 Å². The van der Waals surface area contributed by atoms with Gasteiger partial charge in [0, 0.05) is 25.6 Å². The third-order valence-electron chi connectivity index (χ3n) is 4.13. The van der Waals surface area contributed by atoms with Crippen LogP contribution < -0.4 is 11.1 Å². The zero-order chi connectivity index (χ0) is 15.8. The van der Waals surface area contributed by atoms with Gasteiger partial charge in [0.2, 0.25) is 5.91 Å². The van der Waals surface area contributed by atoms with Crippen LogP contribution in [0.25, 0.3) is 0 Å². The number of carbonyl (C=O) groups excluding carboxylic acids is 1. The van der Waals surface area contributed by atoms with Crippen LogP contribution in [0.2, 0.25) is 0 Å². The first-order valence-electron chi connectivity index (χ1n) is 7.85. The third kappa shape index (κ3) is 8.54. The minimum absolute atomic E-state index is 0.161. The predicted octanol–water partition coefficient (Wildman–Crippen LogP) is 2.23. The van der Waals surface area contributed by atoms with Crippen LogP contribution in [0.15, 0.2) is 0 Å². The lowest BCUT2D eigenvalue weighted by molar-refractivity contribution is -0.121. The molecule has 0 bridgehead atoms. The molecule has 0 aliphatic rings. The van der Waals surface area contributed by atoms with Crippen LogP contribution >= 0.6 is 0 Å². The Morgan fingerprint density at radius 2 is 1.85 bits per heavy atom. The van der Waals surface area contributed by atoms with Crippen molar-refractivity contribution in [2.75, 3.05) is 26.7 Å². The second kappa shape index (κ2) is 9.35. The summed E-state index contributed by atoms with van der Waals surface area (Å²) in [5.41, 5.74) is 5.89. The Morgan fingerprint density at radius 3 is 2.30 bits per heavy atom. The second-order valence-corrected chi connectivity index (χ2v) is 7.10. The van der Waals surface area contributed by atoms with Gasteiger partial charge in [-0.1, -0.05) is 20.8 Å². The summed E-state index contributed by atoms with van der Waals surface area (Å²) >= 11 is 0. The number of nitrogens with zero attached hydrogens (tertiary/aromatic N) is 1. The summed E-state index contributed by atoms with van der Waals surface area (Å²) in [6, 6.07) is 0.515. The fourth-order valence-corrected chi connectivity index (χ4v) is 2.24. The number of hydrogen-bond acceptors (Lipinski definition) is 3. The number of nitrogens with one attached hydrogen (secondary N) is 1. The fourth-order valence-electron chi connectivity index (χ4n) is 2.24. The molecule has 0 saturated heterocycles. The zero-order valence-corrected chi connectivity index (χ0v) is 14.3. The lowest BCUT2D eigenvalue weighted by Crippen LogP contribution is -2.36. The number of nitrogens with two attached hydrogens (primary N) is 1. The molecule has 20 heavy (non-hydrogen) atoms. The average Bonchev–Trinajstić information content (AvgIpc) is 2.32. The summed E-state index contributed by atoms with van der Waals surface area (Å²) in [6.45, 7) is 13.3. The topological polar surface area (TPSA) is 58.4 Å². The molecule has 0 spiro atoms. The van der Waals surface area contributed by atoms with Crippen LogP contribution in [0.3, 0.4) is 0 Å². The Labute approximate surface area is 125 Å². The van der Waals surface area contributed by atoms with Crippen LogP contribution in [0, 0.1) is 11.3 Å². The van der Waals surface area contributed by atoms with Crippen LogP contribution in [0.5, 0.6) is 0 Å². The Hall–Kier alpha value is -0.610. The van der Waals surface area contributed by atoms with Gasteiger partial charge in [-0.2, -0.15) is 0 Å². The van der Waals surface area contributed by atoms with Crippen molar-refractivity contribution in [3.63, 3.8) is 0 Å². The molecule has 0 heterocycles. The Morgan fingerprint density at radius 1 is 1.25 bits per heavy atom. The van der Waals surface area contributed by atoms with E-state index < -0.39 is 0 Å². The maximum Gasteiger partial charge on any atom is 0.220 e. The van der Waals surface area contributed by atoms with Gasteiger partial charge in [-0.25, -0.2) is 0 Å². The first-order chi connectivity index (χ1) is 9.18. The molecule has 0 radical (unpaired) electrons. The van der Waals surface area contributed by atoms with Crippen LogP contribution in [0.1, 0.15) is 53.9 Å². The molecule has 4 nitrogen and oxygen atoms in total. The van der Waals surface area contributed by atoms with E-state index in [1.54, 1.807) is 0 Å². The van der Waals surface area contributed by atoms with Gasteiger partial charge in [0.05, 0.1) is 0 Å². The molecule has 1 atom stereocenters. The molecule has 0 aromatic heterocycles. The van der Waals surface area contributed by atoms with Crippen molar-refractivity contribution in [3.05, 3.63) is 0 Å². The van der Waals surface area contributed by atoms with E-state index in [9.17, 15) is 4.79 Å². The quantitative estimate of drug-likeness (QED) is 0.683. The molecule has 0 aromatic carbocycles. The highest BCUT2D eigenvalue weighted by molar-refractivity contribution is 5.75. The van der Waals surface area contributed by atoms with Gasteiger partial charge in [-0.3, -0.25) is 4.79 Å². The SMILES string of the molecule is CC(C)N(C)CCNC(=O)CCC(CCN)C(C)(C)C. The van der Waals surface area contributed by atoms with E-state index in [0.29, 0.717) is 24.9 Å². The second-order valence-electron chi connectivity index (χ2n) is 7.10. The van der Waals surface area contributed by atoms with Crippen molar-refractivity contribution < 1.29 is 4.79 Å². The molecule has 0 aliphatic carbocycles. The normalized spacial score (nSPS) is 13.8. The molecule has 1 unspecified atom stereocenters. The maximum absolute atomic E-state index is 11.9. The first kappa shape index (κ1) is 19.4. The number of hydrogen-bond donors (Lipinski definition) is 2. The van der Waals surface area contributed by atoms with Crippen molar-refractivity contribution in [3.8, 4) is 0 Å². The lowest BCUT2D eigenvalue weighted by atomic mass is 9.76. The van der Waals surface area contributed by atoms with Crippen molar-refractivity contribution in [2.45, 2.75) is 59.9 Å². The Bertz CT molecular complexity index is 271. The van der Waals surface area contributed by atoms with Crippen molar-refractivity contribution >= 4 is 5.91 Å². The van der Waals surface area contributed by atoms with Gasteiger partial charge in [-0.05, 0) is 51.6 Å². The maximum atomic E-state index is 11.9. The minimum Gasteiger partial charge on any atom is -0.355 e. The number of carbonyl (C=O) groups is 1. The Kier molecular flexibility index (Phi) is 9.06. The smallest absolute Gasteiger partial charge is 0.220 e. The van der Waals surface area contributed by atoms with E-state index in [1.807, 2.05) is 0 Å². The van der Waals surface area contributed by atoms with Gasteiger partial charge in [0.1, 0.15) is 0 Å². The molecular weight excluding hydrogens is 250 g/mol. The van der Waals surface area contributed by atoms with Gasteiger partial charge in [0.15, 0.2) is 0 Å². The van der Waals surface area contributed by atoms with Crippen molar-refractivity contribution in [1.82, 2.24) is 10.2 Å². The highest BCUT2D eigenvalue weighted by Crippen LogP contribution is 2.31. The molecule has 0 aliphatic heterocycles. The number of rotatable bonds is 9. The van der Waals surface area contributed by atoms with Gasteiger partial charge < -0.3 is 16.0 Å². The summed E-state index contributed by atoms with van der Waals surface area (Å²) in [4.78, 5) is 14.1. The van der Waals surface area contributed by atoms with Gasteiger partial charge in [-0.15, -0.1) is 0 Å². The molecule has 3 N–H and O–H groups in total. The summed E-state index contributed by atoms with van der Waals surface area (Å²) < 4.78 is 0. The molecule has 1 amide bonds. The molecule has 120 valence electrons. The van der Waals surface area contributed by atoms with E-state index in [2.05, 4.69) is 51.9 Å². The van der Waals surface area contributed by atoms with Crippen LogP contribution in [-0.2, 0) is 4.79 Å². The standard InChI is InChI=1S/C16H35N3O/c1-13(2)19(6)12-11-18-15(20)8-7-14(9-10-17)16(3,4)5/h13-14H,7-12,17H2,1-6H3,(H,18,20). The van der Waals surface area contributed by atoms with E-state index in [1.165, 1.54) is 0 Å². The van der Waals surface area contributed by atoms with E-state index in [-0.39, 0.29) is 11.3 Å². The monoisotopic (exact) mass is 285 g/mol. The minimum atomic E-state index is 0.161. The van der Waals surface area contributed by atoms with Crippen LogP contribution in [-0.4, -0.2) is 43.5 Å². The van der Waals surface area contributed by atoms with Gasteiger partial charge >= 0.3 is 0 Å². The van der Waals surface area contributed by atoms with Crippen molar-refractivity contribution in [1.29, 1.82) is 0 Å². The lowest BCUT2D eigenvalue weighted by Gasteiger charge is -2.30. The number of likely N-dealkylation sites (N-methyl/N-ethyl adjacent to an activating group) is 1. The summed E-state index contributed by atoms with van der Waals surface area (Å²) in [6.07, 6.45) is 2.52. The largest absolute Gasteiger partial charge is 0.355 e. The Balaban J connectivity index is 3.96. The van der Waals surface area contributed by atoms with E-state index >= 15 is 0 Å². The predicted molar refractivity (Wildman–Crippen MR) is 86.6 cm³/mol. The molecule has 0 fully saturated rings. The molecule has 0 rings (SSSR count). The summed E-state index contributed by atoms with van der Waals surface area (Å²) in [5.74, 6) is 0.671. The zero-order valence-electron chi connectivity index (χ0n) is 14.3. The fraction of sp³-hybridized carbons (Fsp3) is 0.938.